The average Bonchev–Trinajstić information content (AvgIpc) is 2.64. The molecule has 0 saturated carbocycles. The summed E-state index contributed by atoms with van der Waals surface area (Å²) in [6.45, 7) is 5.01. The Labute approximate surface area is 129 Å². The van der Waals surface area contributed by atoms with Gasteiger partial charge in [0.2, 0.25) is 0 Å². The number of fused-ring (bicyclic) bond motifs is 1. The summed E-state index contributed by atoms with van der Waals surface area (Å²) < 4.78 is 11.5. The first-order chi connectivity index (χ1) is 9.97. The number of hydrogen-bond acceptors (Lipinski definition) is 4. The lowest BCUT2D eigenvalue weighted by Crippen LogP contribution is -2.23. The summed E-state index contributed by atoms with van der Waals surface area (Å²) in [7, 11) is 0. The molecule has 0 aliphatic carbocycles. The van der Waals surface area contributed by atoms with E-state index in [1.165, 1.54) is 0 Å². The van der Waals surface area contributed by atoms with Gasteiger partial charge >= 0.3 is 5.97 Å². The number of halogens is 1. The standard InChI is InChI=1S/C15H20ClNO4/c1-8(2)12-13(9(7-17)15(18)19)10(16)6-11-14(12)21-5-3-4-20-11/h6,8-9H,3-5,7,17H2,1-2H3,(H,18,19). The average molecular weight is 314 g/mol. The molecule has 0 spiro atoms. The fourth-order valence-corrected chi connectivity index (χ4v) is 2.92. The summed E-state index contributed by atoms with van der Waals surface area (Å²) in [5, 5.41) is 9.77. The van der Waals surface area contributed by atoms with Crippen LogP contribution in [0, 0.1) is 0 Å². The molecule has 1 heterocycles. The monoisotopic (exact) mass is 313 g/mol. The van der Waals surface area contributed by atoms with E-state index in [1.54, 1.807) is 6.07 Å². The molecule has 1 aromatic carbocycles. The molecule has 116 valence electrons. The fraction of sp³-hybridized carbons (Fsp3) is 0.533. The highest BCUT2D eigenvalue weighted by atomic mass is 35.5. The van der Waals surface area contributed by atoms with E-state index in [0.717, 1.165) is 12.0 Å². The number of rotatable bonds is 4. The Morgan fingerprint density at radius 3 is 2.62 bits per heavy atom. The van der Waals surface area contributed by atoms with Crippen LogP contribution in [-0.2, 0) is 4.79 Å². The molecule has 0 radical (unpaired) electrons. The number of carboxylic acids is 1. The predicted octanol–water partition coefficient (Wildman–Crippen LogP) is 2.75. The van der Waals surface area contributed by atoms with Gasteiger partial charge < -0.3 is 20.3 Å². The van der Waals surface area contributed by atoms with Gasteiger partial charge in [-0.1, -0.05) is 25.4 Å². The van der Waals surface area contributed by atoms with Gasteiger partial charge in [-0.25, -0.2) is 0 Å². The third-order valence-electron chi connectivity index (χ3n) is 3.53. The lowest BCUT2D eigenvalue weighted by Gasteiger charge is -2.23. The maximum Gasteiger partial charge on any atom is 0.312 e. The van der Waals surface area contributed by atoms with Gasteiger partial charge in [-0.3, -0.25) is 4.79 Å². The number of carboxylic acid groups (broad SMARTS) is 1. The van der Waals surface area contributed by atoms with Crippen molar-refractivity contribution in [3.8, 4) is 11.5 Å². The van der Waals surface area contributed by atoms with Crippen molar-refractivity contribution in [3.05, 3.63) is 22.2 Å². The fourth-order valence-electron chi connectivity index (χ4n) is 2.58. The quantitative estimate of drug-likeness (QED) is 0.893. The minimum atomic E-state index is -0.990. The minimum absolute atomic E-state index is 0.0194. The Morgan fingerprint density at radius 1 is 1.38 bits per heavy atom. The highest BCUT2D eigenvalue weighted by molar-refractivity contribution is 6.32. The van der Waals surface area contributed by atoms with Crippen LogP contribution in [0.2, 0.25) is 5.02 Å². The van der Waals surface area contributed by atoms with Crippen molar-refractivity contribution in [2.45, 2.75) is 32.1 Å². The van der Waals surface area contributed by atoms with E-state index in [0.29, 0.717) is 35.3 Å². The molecule has 6 heteroatoms. The van der Waals surface area contributed by atoms with Crippen molar-refractivity contribution in [3.63, 3.8) is 0 Å². The summed E-state index contributed by atoms with van der Waals surface area (Å²) >= 11 is 6.33. The topological polar surface area (TPSA) is 81.8 Å². The molecule has 1 atom stereocenters. The zero-order valence-electron chi connectivity index (χ0n) is 12.2. The van der Waals surface area contributed by atoms with E-state index < -0.39 is 11.9 Å². The maximum absolute atomic E-state index is 11.5. The molecule has 0 aromatic heterocycles. The van der Waals surface area contributed by atoms with Crippen LogP contribution in [0.1, 0.15) is 43.2 Å². The van der Waals surface area contributed by atoms with Gasteiger partial charge in [0.1, 0.15) is 0 Å². The van der Waals surface area contributed by atoms with Gasteiger partial charge in [-0.05, 0) is 11.5 Å². The number of benzene rings is 1. The van der Waals surface area contributed by atoms with Crippen LogP contribution < -0.4 is 15.2 Å². The van der Waals surface area contributed by atoms with E-state index in [2.05, 4.69) is 0 Å². The van der Waals surface area contributed by atoms with Crippen molar-refractivity contribution >= 4 is 17.6 Å². The molecular formula is C15H20ClNO4. The Kier molecular flexibility index (Phi) is 4.96. The Morgan fingerprint density at radius 2 is 2.05 bits per heavy atom. The zero-order valence-corrected chi connectivity index (χ0v) is 12.9. The van der Waals surface area contributed by atoms with Gasteiger partial charge in [-0.15, -0.1) is 0 Å². The summed E-state index contributed by atoms with van der Waals surface area (Å²) in [5.74, 6) is -0.627. The lowest BCUT2D eigenvalue weighted by molar-refractivity contribution is -0.138. The van der Waals surface area contributed by atoms with Gasteiger partial charge in [0.25, 0.3) is 0 Å². The largest absolute Gasteiger partial charge is 0.489 e. The van der Waals surface area contributed by atoms with Gasteiger partial charge in [0, 0.05) is 29.6 Å². The number of ether oxygens (including phenoxy) is 2. The normalized spacial score (nSPS) is 15.7. The smallest absolute Gasteiger partial charge is 0.312 e. The molecule has 0 saturated heterocycles. The first kappa shape index (κ1) is 15.9. The number of nitrogens with two attached hydrogens (primary N) is 1. The van der Waals surface area contributed by atoms with E-state index in [-0.39, 0.29) is 12.5 Å². The van der Waals surface area contributed by atoms with Crippen LogP contribution >= 0.6 is 11.6 Å². The molecule has 1 unspecified atom stereocenters. The Bertz CT molecular complexity index is 545. The Balaban J connectivity index is 2.69. The van der Waals surface area contributed by atoms with Crippen molar-refractivity contribution < 1.29 is 19.4 Å². The summed E-state index contributed by atoms with van der Waals surface area (Å²) in [4.78, 5) is 11.5. The molecule has 0 bridgehead atoms. The molecule has 0 amide bonds. The number of carbonyl (C=O) groups is 1. The number of hydrogen-bond donors (Lipinski definition) is 2. The highest BCUT2D eigenvalue weighted by Crippen LogP contribution is 2.45. The summed E-state index contributed by atoms with van der Waals surface area (Å²) in [6.07, 6.45) is 0.776. The zero-order chi connectivity index (χ0) is 15.6. The molecule has 5 nitrogen and oxygen atoms in total. The summed E-state index contributed by atoms with van der Waals surface area (Å²) in [6, 6.07) is 1.63. The van der Waals surface area contributed by atoms with E-state index >= 15 is 0 Å². The highest BCUT2D eigenvalue weighted by Gasteiger charge is 2.30. The first-order valence-corrected chi connectivity index (χ1v) is 7.39. The van der Waals surface area contributed by atoms with Crippen LogP contribution in [0.4, 0.5) is 0 Å². The molecule has 2 rings (SSSR count). The molecular weight excluding hydrogens is 294 g/mol. The Hall–Kier alpha value is -1.46. The lowest BCUT2D eigenvalue weighted by atomic mass is 9.87. The maximum atomic E-state index is 11.5. The third-order valence-corrected chi connectivity index (χ3v) is 3.84. The summed E-state index contributed by atoms with van der Waals surface area (Å²) in [5.41, 5.74) is 6.95. The van der Waals surface area contributed by atoms with E-state index in [1.807, 2.05) is 13.8 Å². The predicted molar refractivity (Wildman–Crippen MR) is 80.6 cm³/mol. The van der Waals surface area contributed by atoms with Gasteiger partial charge in [0.15, 0.2) is 11.5 Å². The van der Waals surface area contributed by atoms with Crippen molar-refractivity contribution in [1.82, 2.24) is 0 Å². The third kappa shape index (κ3) is 3.09. The van der Waals surface area contributed by atoms with Crippen molar-refractivity contribution in [2.24, 2.45) is 5.73 Å². The van der Waals surface area contributed by atoms with Crippen LogP contribution in [0.5, 0.6) is 11.5 Å². The SMILES string of the molecule is CC(C)c1c2c(cc(Cl)c1C(CN)C(=O)O)OCCCO2. The van der Waals surface area contributed by atoms with Crippen molar-refractivity contribution in [1.29, 1.82) is 0 Å². The van der Waals surface area contributed by atoms with Crippen LogP contribution in [0.25, 0.3) is 0 Å². The minimum Gasteiger partial charge on any atom is -0.489 e. The van der Waals surface area contributed by atoms with E-state index in [9.17, 15) is 9.90 Å². The molecule has 0 fully saturated rings. The molecule has 1 aliphatic rings. The second-order valence-electron chi connectivity index (χ2n) is 5.34. The van der Waals surface area contributed by atoms with E-state index in [4.69, 9.17) is 26.8 Å². The molecule has 3 N–H and O–H groups in total. The van der Waals surface area contributed by atoms with Crippen LogP contribution in [-0.4, -0.2) is 30.8 Å². The van der Waals surface area contributed by atoms with Gasteiger partial charge in [0.05, 0.1) is 19.1 Å². The second-order valence-corrected chi connectivity index (χ2v) is 5.75. The number of aliphatic carboxylic acids is 1. The van der Waals surface area contributed by atoms with Crippen LogP contribution in [0.15, 0.2) is 6.07 Å². The second kappa shape index (κ2) is 6.54. The molecule has 1 aliphatic heterocycles. The first-order valence-electron chi connectivity index (χ1n) is 7.02. The van der Waals surface area contributed by atoms with Crippen molar-refractivity contribution in [2.75, 3.05) is 19.8 Å². The molecule has 21 heavy (non-hydrogen) atoms. The van der Waals surface area contributed by atoms with Crippen LogP contribution in [0.3, 0.4) is 0 Å². The van der Waals surface area contributed by atoms with Gasteiger partial charge in [-0.2, -0.15) is 0 Å². The molecule has 1 aromatic rings.